The highest BCUT2D eigenvalue weighted by Crippen LogP contribution is 2.41. The van der Waals surface area contributed by atoms with E-state index in [9.17, 15) is 4.79 Å². The van der Waals surface area contributed by atoms with Crippen LogP contribution in [-0.2, 0) is 0 Å². The van der Waals surface area contributed by atoms with Gasteiger partial charge in [-0.2, -0.15) is 0 Å². The highest BCUT2D eigenvalue weighted by Gasteiger charge is 2.44. The molecule has 0 aromatic heterocycles. The molecule has 1 aliphatic rings. The van der Waals surface area contributed by atoms with Crippen LogP contribution in [0.2, 0.25) is 0 Å². The van der Waals surface area contributed by atoms with Crippen molar-refractivity contribution in [3.8, 4) is 0 Å². The Morgan fingerprint density at radius 1 is 1.41 bits per heavy atom. The number of nitrogens with one attached hydrogen (secondary N) is 1. The van der Waals surface area contributed by atoms with Crippen LogP contribution in [0.3, 0.4) is 0 Å². The summed E-state index contributed by atoms with van der Waals surface area (Å²) in [5.41, 5.74) is 2.08. The summed E-state index contributed by atoms with van der Waals surface area (Å²) < 4.78 is 0. The number of carbonyl (C=O) groups is 1. The molecule has 1 aromatic rings. The number of urea groups is 1. The molecule has 0 unspecified atom stereocenters. The van der Waals surface area contributed by atoms with Crippen molar-refractivity contribution in [3.63, 3.8) is 0 Å². The van der Waals surface area contributed by atoms with Crippen molar-refractivity contribution in [1.82, 2.24) is 4.90 Å². The van der Waals surface area contributed by atoms with Crippen LogP contribution >= 0.6 is 0 Å². The normalized spacial score (nSPS) is 16.4. The fourth-order valence-electron chi connectivity index (χ4n) is 2.12. The lowest BCUT2D eigenvalue weighted by atomic mass is 10.2. The van der Waals surface area contributed by atoms with E-state index in [-0.39, 0.29) is 11.6 Å². The topological polar surface area (TPSA) is 32.3 Å². The Morgan fingerprint density at radius 3 is 2.59 bits per heavy atom. The second-order valence-electron chi connectivity index (χ2n) is 4.99. The highest BCUT2D eigenvalue weighted by molar-refractivity contribution is 5.90. The Kier molecular flexibility index (Phi) is 3.09. The Hall–Kier alpha value is -1.51. The van der Waals surface area contributed by atoms with Gasteiger partial charge >= 0.3 is 6.03 Å². The minimum Gasteiger partial charge on any atom is -0.319 e. The summed E-state index contributed by atoms with van der Waals surface area (Å²) in [5.74, 6) is 0. The zero-order chi connectivity index (χ0) is 12.5. The average Bonchev–Trinajstić information content (AvgIpc) is 3.01. The van der Waals surface area contributed by atoms with Gasteiger partial charge in [0.15, 0.2) is 0 Å². The van der Waals surface area contributed by atoms with Crippen molar-refractivity contribution in [1.29, 1.82) is 0 Å². The van der Waals surface area contributed by atoms with E-state index in [4.69, 9.17) is 0 Å². The predicted octanol–water partition coefficient (Wildman–Crippen LogP) is 3.40. The number of rotatable bonds is 3. The molecule has 3 heteroatoms. The quantitative estimate of drug-likeness (QED) is 0.851. The van der Waals surface area contributed by atoms with E-state index >= 15 is 0 Å². The molecular weight excluding hydrogens is 212 g/mol. The third-order valence-corrected chi connectivity index (χ3v) is 3.57. The van der Waals surface area contributed by atoms with Gasteiger partial charge in [0, 0.05) is 17.8 Å². The smallest absolute Gasteiger partial charge is 0.319 e. The molecule has 0 aliphatic heterocycles. The summed E-state index contributed by atoms with van der Waals surface area (Å²) in [5, 5.41) is 2.99. The maximum Gasteiger partial charge on any atom is 0.322 e. The standard InChI is InChI=1S/C14H20N2O/c1-4-16(14(3)9-10-14)13(17)15-12-8-6-5-7-11(12)2/h5-8H,4,9-10H2,1-3H3,(H,15,17). The van der Waals surface area contributed by atoms with Crippen molar-refractivity contribution in [2.24, 2.45) is 0 Å². The van der Waals surface area contributed by atoms with E-state index in [1.54, 1.807) is 0 Å². The van der Waals surface area contributed by atoms with E-state index < -0.39 is 0 Å². The van der Waals surface area contributed by atoms with E-state index in [1.807, 2.05) is 43.0 Å². The molecule has 17 heavy (non-hydrogen) atoms. The third kappa shape index (κ3) is 2.43. The van der Waals surface area contributed by atoms with Crippen LogP contribution in [0.5, 0.6) is 0 Å². The molecule has 0 bridgehead atoms. The molecule has 1 aliphatic carbocycles. The number of amides is 2. The Morgan fingerprint density at radius 2 is 2.06 bits per heavy atom. The zero-order valence-corrected chi connectivity index (χ0v) is 10.8. The first kappa shape index (κ1) is 12.0. The van der Waals surface area contributed by atoms with E-state index in [0.717, 1.165) is 30.6 Å². The van der Waals surface area contributed by atoms with Crippen LogP contribution in [0.15, 0.2) is 24.3 Å². The van der Waals surface area contributed by atoms with Crippen molar-refractivity contribution >= 4 is 11.7 Å². The molecule has 1 saturated carbocycles. The first-order valence-electron chi connectivity index (χ1n) is 6.21. The number of anilines is 1. The first-order valence-corrected chi connectivity index (χ1v) is 6.21. The second-order valence-corrected chi connectivity index (χ2v) is 4.99. The third-order valence-electron chi connectivity index (χ3n) is 3.57. The van der Waals surface area contributed by atoms with Gasteiger partial charge in [-0.15, -0.1) is 0 Å². The molecule has 1 aromatic carbocycles. The summed E-state index contributed by atoms with van der Waals surface area (Å²) in [7, 11) is 0. The number of nitrogens with zero attached hydrogens (tertiary/aromatic N) is 1. The highest BCUT2D eigenvalue weighted by atomic mass is 16.2. The summed E-state index contributed by atoms with van der Waals surface area (Å²) >= 11 is 0. The number of carbonyl (C=O) groups excluding carboxylic acids is 1. The number of hydrogen-bond acceptors (Lipinski definition) is 1. The van der Waals surface area contributed by atoms with Gasteiger partial charge in [0.25, 0.3) is 0 Å². The van der Waals surface area contributed by atoms with E-state index in [2.05, 4.69) is 12.2 Å². The molecule has 1 fully saturated rings. The minimum absolute atomic E-state index is 0.0156. The van der Waals surface area contributed by atoms with E-state index in [1.165, 1.54) is 0 Å². The average molecular weight is 232 g/mol. The lowest BCUT2D eigenvalue weighted by molar-refractivity contribution is 0.189. The fourth-order valence-corrected chi connectivity index (χ4v) is 2.12. The number of para-hydroxylation sites is 1. The fraction of sp³-hybridized carbons (Fsp3) is 0.500. The van der Waals surface area contributed by atoms with Crippen molar-refractivity contribution in [2.45, 2.75) is 39.2 Å². The van der Waals surface area contributed by atoms with Gasteiger partial charge in [0.2, 0.25) is 0 Å². The Balaban J connectivity index is 2.08. The predicted molar refractivity (Wildman–Crippen MR) is 70.2 cm³/mol. The summed E-state index contributed by atoms with van der Waals surface area (Å²) in [4.78, 5) is 14.1. The summed E-state index contributed by atoms with van der Waals surface area (Å²) in [6, 6.07) is 7.88. The van der Waals surface area contributed by atoms with Crippen LogP contribution in [0, 0.1) is 6.92 Å². The van der Waals surface area contributed by atoms with Gasteiger partial charge < -0.3 is 10.2 Å². The first-order chi connectivity index (χ1) is 8.07. The Labute approximate surface area is 103 Å². The lowest BCUT2D eigenvalue weighted by Crippen LogP contribution is -2.42. The molecule has 0 spiro atoms. The van der Waals surface area contributed by atoms with Gasteiger partial charge in [-0.1, -0.05) is 18.2 Å². The Bertz CT molecular complexity index is 424. The second kappa shape index (κ2) is 4.40. The van der Waals surface area contributed by atoms with Crippen LogP contribution in [0.1, 0.15) is 32.3 Å². The van der Waals surface area contributed by atoms with Crippen LogP contribution in [0.4, 0.5) is 10.5 Å². The molecule has 2 amide bonds. The van der Waals surface area contributed by atoms with Crippen LogP contribution < -0.4 is 5.32 Å². The molecule has 0 heterocycles. The largest absolute Gasteiger partial charge is 0.322 e. The van der Waals surface area contributed by atoms with Gasteiger partial charge in [-0.05, 0) is 45.2 Å². The number of aryl methyl sites for hydroxylation is 1. The number of benzene rings is 1. The molecule has 0 radical (unpaired) electrons. The van der Waals surface area contributed by atoms with Gasteiger partial charge in [-0.3, -0.25) is 0 Å². The van der Waals surface area contributed by atoms with Crippen LogP contribution in [0.25, 0.3) is 0 Å². The maximum atomic E-state index is 12.2. The van der Waals surface area contributed by atoms with Crippen LogP contribution in [-0.4, -0.2) is 23.0 Å². The SMILES string of the molecule is CCN(C(=O)Nc1ccccc1C)C1(C)CC1. The maximum absolute atomic E-state index is 12.2. The molecule has 3 nitrogen and oxygen atoms in total. The lowest BCUT2D eigenvalue weighted by Gasteiger charge is -2.28. The van der Waals surface area contributed by atoms with Gasteiger partial charge in [0.05, 0.1) is 0 Å². The number of hydrogen-bond donors (Lipinski definition) is 1. The monoisotopic (exact) mass is 232 g/mol. The van der Waals surface area contributed by atoms with Crippen molar-refractivity contribution in [3.05, 3.63) is 29.8 Å². The van der Waals surface area contributed by atoms with Crippen molar-refractivity contribution in [2.75, 3.05) is 11.9 Å². The zero-order valence-electron chi connectivity index (χ0n) is 10.8. The summed E-state index contributed by atoms with van der Waals surface area (Å²) in [6.07, 6.45) is 2.23. The summed E-state index contributed by atoms with van der Waals surface area (Å²) in [6.45, 7) is 6.94. The molecule has 1 N–H and O–H groups in total. The molecular formula is C14H20N2O. The van der Waals surface area contributed by atoms with Gasteiger partial charge in [-0.25, -0.2) is 4.79 Å². The van der Waals surface area contributed by atoms with E-state index in [0.29, 0.717) is 0 Å². The van der Waals surface area contributed by atoms with Crippen molar-refractivity contribution < 1.29 is 4.79 Å². The molecule has 0 atom stereocenters. The minimum atomic E-state index is 0.0156. The van der Waals surface area contributed by atoms with Gasteiger partial charge in [0.1, 0.15) is 0 Å². The molecule has 0 saturated heterocycles. The molecule has 2 rings (SSSR count). The molecule has 92 valence electrons.